The van der Waals surface area contributed by atoms with Crippen LogP contribution in [0.1, 0.15) is 71.6 Å². The molecule has 2 fully saturated rings. The lowest BCUT2D eigenvalue weighted by Crippen LogP contribution is -2.46. The minimum absolute atomic E-state index is 0.0655. The molecule has 3 atom stereocenters. The van der Waals surface area contributed by atoms with Gasteiger partial charge >= 0.3 is 0 Å². The SMILES string of the molecule is C=CCCC(C)CC(CC)CC(=O)N1CCCC1C(=O)NC1CC1. The van der Waals surface area contributed by atoms with E-state index in [-0.39, 0.29) is 17.9 Å². The van der Waals surface area contributed by atoms with Gasteiger partial charge in [0.1, 0.15) is 6.04 Å². The average Bonchev–Trinajstić information content (AvgIpc) is 3.23. The minimum atomic E-state index is -0.228. The maximum absolute atomic E-state index is 12.8. The normalized spacial score (nSPS) is 22.9. The van der Waals surface area contributed by atoms with E-state index in [1.54, 1.807) is 0 Å². The molecule has 1 saturated heterocycles. The standard InChI is InChI=1S/C20H34N2O2/c1-4-6-8-15(3)13-16(5-2)14-19(23)22-12-7-9-18(22)20(24)21-17-10-11-17/h4,15-18H,1,5-14H2,2-3H3,(H,21,24). The van der Waals surface area contributed by atoms with Crippen LogP contribution in [0.5, 0.6) is 0 Å². The zero-order chi connectivity index (χ0) is 17.5. The van der Waals surface area contributed by atoms with Gasteiger partial charge in [-0.3, -0.25) is 9.59 Å². The van der Waals surface area contributed by atoms with E-state index in [0.717, 1.165) is 57.9 Å². The van der Waals surface area contributed by atoms with Crippen LogP contribution in [0.4, 0.5) is 0 Å². The number of nitrogens with zero attached hydrogens (tertiary/aromatic N) is 1. The van der Waals surface area contributed by atoms with E-state index in [4.69, 9.17) is 0 Å². The summed E-state index contributed by atoms with van der Waals surface area (Å²) in [7, 11) is 0. The van der Waals surface area contributed by atoms with Gasteiger partial charge < -0.3 is 10.2 Å². The average molecular weight is 335 g/mol. The Balaban J connectivity index is 1.83. The lowest BCUT2D eigenvalue weighted by Gasteiger charge is -2.27. The van der Waals surface area contributed by atoms with Crippen LogP contribution in [0.3, 0.4) is 0 Å². The van der Waals surface area contributed by atoms with E-state index < -0.39 is 0 Å². The lowest BCUT2D eigenvalue weighted by molar-refractivity contribution is -0.139. The van der Waals surface area contributed by atoms with Crippen LogP contribution in [0.25, 0.3) is 0 Å². The molecule has 3 unspecified atom stereocenters. The molecule has 136 valence electrons. The van der Waals surface area contributed by atoms with Gasteiger partial charge in [-0.1, -0.05) is 26.3 Å². The molecule has 1 heterocycles. The third-order valence-electron chi connectivity index (χ3n) is 5.44. The first kappa shape index (κ1) is 19.0. The first-order valence-electron chi connectivity index (χ1n) is 9.75. The van der Waals surface area contributed by atoms with Crippen molar-refractivity contribution in [1.29, 1.82) is 0 Å². The van der Waals surface area contributed by atoms with Gasteiger partial charge in [-0.25, -0.2) is 0 Å². The van der Waals surface area contributed by atoms with Gasteiger partial charge in [0, 0.05) is 19.0 Å². The maximum atomic E-state index is 12.8. The second-order valence-corrected chi connectivity index (χ2v) is 7.71. The molecule has 2 aliphatic rings. The van der Waals surface area contributed by atoms with Crippen molar-refractivity contribution >= 4 is 11.8 Å². The highest BCUT2D eigenvalue weighted by atomic mass is 16.2. The molecule has 0 spiro atoms. The highest BCUT2D eigenvalue weighted by molar-refractivity contribution is 5.88. The van der Waals surface area contributed by atoms with Gasteiger partial charge in [0.15, 0.2) is 0 Å². The Morgan fingerprint density at radius 2 is 2.08 bits per heavy atom. The van der Waals surface area contributed by atoms with Gasteiger partial charge in [0.05, 0.1) is 0 Å². The zero-order valence-electron chi connectivity index (χ0n) is 15.4. The van der Waals surface area contributed by atoms with Crippen molar-refractivity contribution in [1.82, 2.24) is 10.2 Å². The van der Waals surface area contributed by atoms with Crippen molar-refractivity contribution in [3.05, 3.63) is 12.7 Å². The maximum Gasteiger partial charge on any atom is 0.243 e. The van der Waals surface area contributed by atoms with E-state index in [0.29, 0.717) is 24.3 Å². The number of hydrogen-bond acceptors (Lipinski definition) is 2. The van der Waals surface area contributed by atoms with Gasteiger partial charge in [-0.05, 0) is 56.8 Å². The van der Waals surface area contributed by atoms with E-state index in [2.05, 4.69) is 25.7 Å². The summed E-state index contributed by atoms with van der Waals surface area (Å²) < 4.78 is 0. The van der Waals surface area contributed by atoms with Crippen molar-refractivity contribution in [2.45, 2.75) is 83.7 Å². The third kappa shape index (κ3) is 5.64. The number of likely N-dealkylation sites (tertiary alicyclic amines) is 1. The van der Waals surface area contributed by atoms with Crippen LogP contribution in [0.15, 0.2) is 12.7 Å². The smallest absolute Gasteiger partial charge is 0.243 e. The van der Waals surface area contributed by atoms with Crippen molar-refractivity contribution < 1.29 is 9.59 Å². The monoisotopic (exact) mass is 334 g/mol. The highest BCUT2D eigenvalue weighted by Gasteiger charge is 2.36. The number of amides is 2. The fourth-order valence-corrected chi connectivity index (χ4v) is 3.71. The molecule has 0 radical (unpaired) electrons. The van der Waals surface area contributed by atoms with Crippen LogP contribution in [0.2, 0.25) is 0 Å². The Kier molecular flexibility index (Phi) is 7.32. The molecule has 4 heteroatoms. The molecule has 1 N–H and O–H groups in total. The van der Waals surface area contributed by atoms with Crippen LogP contribution >= 0.6 is 0 Å². The molecule has 1 saturated carbocycles. The Hall–Kier alpha value is -1.32. The molecule has 4 nitrogen and oxygen atoms in total. The fraction of sp³-hybridized carbons (Fsp3) is 0.800. The quantitative estimate of drug-likeness (QED) is 0.620. The van der Waals surface area contributed by atoms with Crippen LogP contribution < -0.4 is 5.32 Å². The molecule has 0 bridgehead atoms. The molecule has 1 aliphatic carbocycles. The Morgan fingerprint density at radius 1 is 1.33 bits per heavy atom. The number of carbonyl (C=O) groups excluding carboxylic acids is 2. The largest absolute Gasteiger partial charge is 0.352 e. The summed E-state index contributed by atoms with van der Waals surface area (Å²) in [6.45, 7) is 8.95. The van der Waals surface area contributed by atoms with Gasteiger partial charge in [-0.2, -0.15) is 0 Å². The molecular formula is C20H34N2O2. The third-order valence-corrected chi connectivity index (χ3v) is 5.44. The van der Waals surface area contributed by atoms with Gasteiger partial charge in [0.25, 0.3) is 0 Å². The molecule has 24 heavy (non-hydrogen) atoms. The highest BCUT2D eigenvalue weighted by Crippen LogP contribution is 2.27. The summed E-state index contributed by atoms with van der Waals surface area (Å²) in [6, 6.07) is 0.137. The molecule has 0 aromatic carbocycles. The number of allylic oxidation sites excluding steroid dienone is 1. The fourth-order valence-electron chi connectivity index (χ4n) is 3.71. The number of rotatable bonds is 10. The minimum Gasteiger partial charge on any atom is -0.352 e. The molecule has 1 aliphatic heterocycles. The number of nitrogens with one attached hydrogen (secondary N) is 1. The second-order valence-electron chi connectivity index (χ2n) is 7.71. The van der Waals surface area contributed by atoms with E-state index in [9.17, 15) is 9.59 Å². The van der Waals surface area contributed by atoms with Gasteiger partial charge in [0.2, 0.25) is 11.8 Å². The van der Waals surface area contributed by atoms with Crippen LogP contribution in [-0.4, -0.2) is 35.3 Å². The summed E-state index contributed by atoms with van der Waals surface area (Å²) >= 11 is 0. The summed E-state index contributed by atoms with van der Waals surface area (Å²) in [5.74, 6) is 1.28. The first-order valence-corrected chi connectivity index (χ1v) is 9.75. The second kappa shape index (κ2) is 9.24. The van der Waals surface area contributed by atoms with E-state index in [1.165, 1.54) is 0 Å². The van der Waals surface area contributed by atoms with Crippen LogP contribution in [0, 0.1) is 11.8 Å². The number of carbonyl (C=O) groups is 2. The summed E-state index contributed by atoms with van der Waals surface area (Å²) in [5.41, 5.74) is 0. The predicted octanol–water partition coefficient (Wildman–Crippen LogP) is 3.66. The Morgan fingerprint density at radius 3 is 2.71 bits per heavy atom. The molecule has 0 aromatic rings. The van der Waals surface area contributed by atoms with Crippen molar-refractivity contribution in [3.63, 3.8) is 0 Å². The van der Waals surface area contributed by atoms with Gasteiger partial charge in [-0.15, -0.1) is 6.58 Å². The summed E-state index contributed by atoms with van der Waals surface area (Å²) in [6.07, 6.45) is 10.8. The molecule has 0 aromatic heterocycles. The molecule has 2 amide bonds. The van der Waals surface area contributed by atoms with E-state index in [1.807, 2.05) is 11.0 Å². The molecule has 2 rings (SSSR count). The summed E-state index contributed by atoms with van der Waals surface area (Å²) in [4.78, 5) is 26.9. The number of hydrogen-bond donors (Lipinski definition) is 1. The van der Waals surface area contributed by atoms with Crippen molar-refractivity contribution in [3.8, 4) is 0 Å². The Labute approximate surface area is 147 Å². The van der Waals surface area contributed by atoms with E-state index >= 15 is 0 Å². The van der Waals surface area contributed by atoms with Crippen molar-refractivity contribution in [2.75, 3.05) is 6.54 Å². The van der Waals surface area contributed by atoms with Crippen molar-refractivity contribution in [2.24, 2.45) is 11.8 Å². The Bertz CT molecular complexity index is 445. The summed E-state index contributed by atoms with van der Waals surface area (Å²) in [5, 5.41) is 3.06. The lowest BCUT2D eigenvalue weighted by atomic mass is 9.88. The first-order chi connectivity index (χ1) is 11.5. The van der Waals surface area contributed by atoms with Crippen LogP contribution in [-0.2, 0) is 9.59 Å². The molecular weight excluding hydrogens is 300 g/mol. The predicted molar refractivity (Wildman–Crippen MR) is 97.5 cm³/mol. The zero-order valence-corrected chi connectivity index (χ0v) is 15.4. The topological polar surface area (TPSA) is 49.4 Å².